The quantitative estimate of drug-likeness (QED) is 0.176. The molecule has 0 unspecified atom stereocenters. The average Bonchev–Trinajstić information content (AvgIpc) is 3.56. The molecule has 1 heterocycles. The van der Waals surface area contributed by atoms with E-state index in [4.69, 9.17) is 9.98 Å². The third-order valence-corrected chi connectivity index (χ3v) is 9.38. The van der Waals surface area contributed by atoms with Crippen LogP contribution in [0.2, 0.25) is 0 Å². The number of benzene rings is 6. The van der Waals surface area contributed by atoms with Gasteiger partial charge in [0.1, 0.15) is 11.5 Å². The van der Waals surface area contributed by atoms with Crippen LogP contribution in [0.3, 0.4) is 0 Å². The first-order chi connectivity index (χ1) is 22.2. The smallest absolute Gasteiger partial charge is 0.133 e. The molecule has 0 saturated carbocycles. The Morgan fingerprint density at radius 2 is 1.15 bits per heavy atom. The van der Waals surface area contributed by atoms with Gasteiger partial charge in [0.15, 0.2) is 0 Å². The van der Waals surface area contributed by atoms with Crippen LogP contribution in [0.25, 0.3) is 44.3 Å². The minimum absolute atomic E-state index is 0. The van der Waals surface area contributed by atoms with Gasteiger partial charge in [-0.3, -0.25) is 4.99 Å². The number of rotatable bonds is 3. The SMILES string of the molecule is Oc1c(-c2cccc(C=Nc3cccc4cccc(O)c34)n2)ccc2c1-c1ccccc1C21c2ccccc2-c2ccccc21.[Pt]. The summed E-state index contributed by atoms with van der Waals surface area (Å²) >= 11 is 0. The molecule has 2 aliphatic rings. The Hall–Kier alpha value is -5.31. The molecule has 0 amide bonds. The summed E-state index contributed by atoms with van der Waals surface area (Å²) in [5.74, 6) is 0.412. The van der Waals surface area contributed by atoms with E-state index < -0.39 is 5.41 Å². The topological polar surface area (TPSA) is 65.7 Å². The first kappa shape index (κ1) is 28.2. The molecule has 1 spiro atoms. The number of pyridine rings is 1. The number of hydrogen-bond acceptors (Lipinski definition) is 4. The number of aromatic hydroxyl groups is 2. The molecule has 5 heteroatoms. The summed E-state index contributed by atoms with van der Waals surface area (Å²) in [7, 11) is 0. The molecule has 0 atom stereocenters. The fourth-order valence-electron chi connectivity index (χ4n) is 7.59. The summed E-state index contributed by atoms with van der Waals surface area (Å²) in [5, 5.41) is 24.2. The molecule has 1 aromatic heterocycles. The number of fused-ring (bicyclic) bond motifs is 11. The maximum atomic E-state index is 12.1. The molecule has 6 aromatic carbocycles. The van der Waals surface area contributed by atoms with Crippen LogP contribution in [0.15, 0.2) is 145 Å². The van der Waals surface area contributed by atoms with Gasteiger partial charge in [-0.25, -0.2) is 4.98 Å². The molecule has 2 N–H and O–H groups in total. The Morgan fingerprint density at radius 3 is 1.87 bits per heavy atom. The monoisotopic (exact) mass is 773 g/mol. The fourth-order valence-corrected chi connectivity index (χ4v) is 7.59. The summed E-state index contributed by atoms with van der Waals surface area (Å²) in [6, 6.07) is 46.8. The van der Waals surface area contributed by atoms with Crippen molar-refractivity contribution in [2.45, 2.75) is 5.41 Å². The molecule has 0 aliphatic heterocycles. The van der Waals surface area contributed by atoms with Crippen molar-refractivity contribution in [1.29, 1.82) is 0 Å². The largest absolute Gasteiger partial charge is 0.507 e. The van der Waals surface area contributed by atoms with E-state index in [1.807, 2.05) is 60.7 Å². The molecule has 0 saturated heterocycles. The first-order valence-corrected chi connectivity index (χ1v) is 15.0. The molecule has 9 rings (SSSR count). The minimum atomic E-state index is -0.513. The number of phenols is 2. The molecular formula is C41H26N2O2Pt. The van der Waals surface area contributed by atoms with Crippen LogP contribution in [0.1, 0.15) is 27.9 Å². The third kappa shape index (κ3) is 3.84. The molecule has 2 aliphatic carbocycles. The predicted molar refractivity (Wildman–Crippen MR) is 181 cm³/mol. The van der Waals surface area contributed by atoms with Gasteiger partial charge >= 0.3 is 0 Å². The van der Waals surface area contributed by atoms with E-state index in [0.717, 1.165) is 22.1 Å². The van der Waals surface area contributed by atoms with Crippen molar-refractivity contribution in [2.75, 3.05) is 0 Å². The molecule has 7 aromatic rings. The van der Waals surface area contributed by atoms with Crippen molar-refractivity contribution in [3.8, 4) is 45.0 Å². The number of phenolic OH excluding ortho intramolecular Hbond substituents is 2. The predicted octanol–water partition coefficient (Wildman–Crippen LogP) is 9.40. The van der Waals surface area contributed by atoms with Crippen LogP contribution in [0.5, 0.6) is 11.5 Å². The van der Waals surface area contributed by atoms with E-state index in [1.54, 1.807) is 12.3 Å². The molecule has 46 heavy (non-hydrogen) atoms. The van der Waals surface area contributed by atoms with Crippen LogP contribution < -0.4 is 0 Å². The second kappa shape index (κ2) is 10.6. The molecule has 0 bridgehead atoms. The van der Waals surface area contributed by atoms with E-state index >= 15 is 0 Å². The molecule has 0 fully saturated rings. The number of aliphatic imine (C=N–C) groups is 1. The molecular weight excluding hydrogens is 748 g/mol. The Bertz CT molecular complexity index is 2330. The van der Waals surface area contributed by atoms with Crippen LogP contribution in [-0.2, 0) is 26.5 Å². The second-order valence-electron chi connectivity index (χ2n) is 11.6. The second-order valence-corrected chi connectivity index (χ2v) is 11.6. The minimum Gasteiger partial charge on any atom is -0.507 e. The van der Waals surface area contributed by atoms with Crippen molar-refractivity contribution < 1.29 is 31.3 Å². The van der Waals surface area contributed by atoms with Crippen LogP contribution in [-0.4, -0.2) is 21.4 Å². The van der Waals surface area contributed by atoms with E-state index in [2.05, 4.69) is 72.8 Å². The van der Waals surface area contributed by atoms with Crippen molar-refractivity contribution in [2.24, 2.45) is 4.99 Å². The van der Waals surface area contributed by atoms with Gasteiger partial charge in [0.25, 0.3) is 0 Å². The van der Waals surface area contributed by atoms with E-state index in [0.29, 0.717) is 28.0 Å². The van der Waals surface area contributed by atoms with E-state index in [1.165, 1.54) is 27.8 Å². The molecule has 222 valence electrons. The Labute approximate surface area is 280 Å². The van der Waals surface area contributed by atoms with Crippen molar-refractivity contribution in [1.82, 2.24) is 4.98 Å². The van der Waals surface area contributed by atoms with Gasteiger partial charge < -0.3 is 10.2 Å². The third-order valence-electron chi connectivity index (χ3n) is 9.38. The maximum Gasteiger partial charge on any atom is 0.133 e. The summed E-state index contributed by atoms with van der Waals surface area (Å²) < 4.78 is 0. The summed E-state index contributed by atoms with van der Waals surface area (Å²) in [6.07, 6.45) is 1.70. The van der Waals surface area contributed by atoms with Gasteiger partial charge in [0, 0.05) is 37.6 Å². The normalized spacial score (nSPS) is 13.3. The summed E-state index contributed by atoms with van der Waals surface area (Å²) in [6.45, 7) is 0. The van der Waals surface area contributed by atoms with E-state index in [9.17, 15) is 10.2 Å². The Balaban J connectivity index is 0.00000312. The van der Waals surface area contributed by atoms with Gasteiger partial charge in [-0.05, 0) is 74.7 Å². The number of nitrogens with zero attached hydrogens (tertiary/aromatic N) is 2. The standard InChI is InChI=1S/C41H26N2O2.Pt/c44-37-21-8-11-25-10-7-20-36(38(25)37)42-24-26-12-9-19-35(43-26)30-22-23-34-39(40(30)45)29-15-3-6-18-33(29)41(34)31-16-4-1-13-27(31)28-14-2-5-17-32(28)41;/h1-24,44-45H;. The Morgan fingerprint density at radius 1 is 0.543 bits per heavy atom. The van der Waals surface area contributed by atoms with E-state index in [-0.39, 0.29) is 32.6 Å². The fraction of sp³-hybridized carbons (Fsp3) is 0.0244. The first-order valence-electron chi connectivity index (χ1n) is 15.0. The van der Waals surface area contributed by atoms with Gasteiger partial charge in [0.2, 0.25) is 0 Å². The van der Waals surface area contributed by atoms with Crippen molar-refractivity contribution in [3.05, 3.63) is 167 Å². The Kier molecular flexibility index (Phi) is 6.52. The zero-order chi connectivity index (χ0) is 30.1. The van der Waals surface area contributed by atoms with Gasteiger partial charge in [0.05, 0.1) is 28.7 Å². The van der Waals surface area contributed by atoms with Gasteiger partial charge in [-0.1, -0.05) is 109 Å². The van der Waals surface area contributed by atoms with Gasteiger partial charge in [-0.2, -0.15) is 0 Å². The van der Waals surface area contributed by atoms with Crippen molar-refractivity contribution >= 4 is 22.7 Å². The molecule has 0 radical (unpaired) electrons. The van der Waals surface area contributed by atoms with Crippen molar-refractivity contribution in [3.63, 3.8) is 0 Å². The van der Waals surface area contributed by atoms with Crippen LogP contribution in [0, 0.1) is 0 Å². The van der Waals surface area contributed by atoms with Crippen LogP contribution >= 0.6 is 0 Å². The maximum absolute atomic E-state index is 12.1. The average molecular weight is 774 g/mol. The zero-order valence-corrected chi connectivity index (χ0v) is 26.7. The molecule has 4 nitrogen and oxygen atoms in total. The number of aromatic nitrogens is 1. The summed E-state index contributed by atoms with van der Waals surface area (Å²) in [5.41, 5.74) is 11.2. The summed E-state index contributed by atoms with van der Waals surface area (Å²) in [4.78, 5) is 9.58. The number of hydrogen-bond donors (Lipinski definition) is 2. The zero-order valence-electron chi connectivity index (χ0n) is 24.5. The van der Waals surface area contributed by atoms with Gasteiger partial charge in [-0.15, -0.1) is 0 Å². The van der Waals surface area contributed by atoms with Crippen LogP contribution in [0.4, 0.5) is 5.69 Å².